The van der Waals surface area contributed by atoms with Crippen molar-refractivity contribution in [3.63, 3.8) is 0 Å². The fourth-order valence-corrected chi connectivity index (χ4v) is 2.87. The van der Waals surface area contributed by atoms with Crippen molar-refractivity contribution in [1.29, 1.82) is 0 Å². The van der Waals surface area contributed by atoms with Gasteiger partial charge in [0.1, 0.15) is 12.3 Å². The van der Waals surface area contributed by atoms with E-state index in [2.05, 4.69) is 14.7 Å². The van der Waals surface area contributed by atoms with Crippen LogP contribution in [0.1, 0.15) is 26.3 Å². The summed E-state index contributed by atoms with van der Waals surface area (Å²) in [5.41, 5.74) is 1.97. The molecule has 0 fully saturated rings. The van der Waals surface area contributed by atoms with E-state index in [-0.39, 0.29) is 22.9 Å². The van der Waals surface area contributed by atoms with Crippen molar-refractivity contribution in [2.24, 2.45) is 0 Å². The molecule has 0 aliphatic heterocycles. The van der Waals surface area contributed by atoms with E-state index in [1.165, 1.54) is 22.4 Å². The van der Waals surface area contributed by atoms with Crippen LogP contribution in [-0.2, 0) is 12.1 Å². The lowest BCUT2D eigenvalue weighted by Crippen LogP contribution is -2.36. The number of rotatable bonds is 4. The highest BCUT2D eigenvalue weighted by atomic mass is 35.5. The summed E-state index contributed by atoms with van der Waals surface area (Å²) in [6.45, 7) is 5.95. The standard InChI is InChI=1S/C17H17ClN4O2S/c1-17(2,3)22-16(23)15(18)14(8-19-22)24-9-11-4-6-12(7-5-11)13-10-25-21-20-13/h4-8,10H,9H2,1-3H3. The van der Waals surface area contributed by atoms with Gasteiger partial charge in [0.2, 0.25) is 0 Å². The Morgan fingerprint density at radius 2 is 1.96 bits per heavy atom. The Hall–Kier alpha value is -2.25. The van der Waals surface area contributed by atoms with Crippen molar-refractivity contribution in [3.8, 4) is 17.0 Å². The first kappa shape index (κ1) is 17.6. The number of ether oxygens (including phenoxy) is 1. The number of aromatic nitrogens is 4. The molecule has 0 bridgehead atoms. The van der Waals surface area contributed by atoms with Gasteiger partial charge in [0, 0.05) is 10.9 Å². The third kappa shape index (κ3) is 3.88. The van der Waals surface area contributed by atoms with E-state index in [1.54, 1.807) is 0 Å². The maximum Gasteiger partial charge on any atom is 0.289 e. The number of nitrogens with zero attached hydrogens (tertiary/aromatic N) is 4. The molecule has 0 aliphatic carbocycles. The fraction of sp³-hybridized carbons (Fsp3) is 0.294. The Kier molecular flexibility index (Phi) is 4.87. The van der Waals surface area contributed by atoms with Crippen LogP contribution in [0, 0.1) is 0 Å². The molecule has 0 radical (unpaired) electrons. The second kappa shape index (κ2) is 6.93. The van der Waals surface area contributed by atoms with E-state index < -0.39 is 5.54 Å². The molecule has 0 amide bonds. The lowest BCUT2D eigenvalue weighted by Gasteiger charge is -2.21. The van der Waals surface area contributed by atoms with Crippen LogP contribution in [0.3, 0.4) is 0 Å². The Morgan fingerprint density at radius 3 is 2.56 bits per heavy atom. The monoisotopic (exact) mass is 376 g/mol. The van der Waals surface area contributed by atoms with Crippen LogP contribution in [0.15, 0.2) is 40.6 Å². The van der Waals surface area contributed by atoms with Crippen molar-refractivity contribution in [3.05, 3.63) is 56.8 Å². The van der Waals surface area contributed by atoms with Crippen LogP contribution in [-0.4, -0.2) is 19.4 Å². The second-order valence-corrected chi connectivity index (χ2v) is 7.47. The molecule has 3 aromatic rings. The van der Waals surface area contributed by atoms with E-state index in [0.29, 0.717) is 0 Å². The summed E-state index contributed by atoms with van der Waals surface area (Å²) < 4.78 is 10.9. The fourth-order valence-electron chi connectivity index (χ4n) is 2.22. The molecule has 25 heavy (non-hydrogen) atoms. The maximum atomic E-state index is 12.3. The first-order valence-electron chi connectivity index (χ1n) is 7.64. The van der Waals surface area contributed by atoms with Gasteiger partial charge < -0.3 is 4.74 Å². The largest absolute Gasteiger partial charge is 0.485 e. The predicted molar refractivity (Wildman–Crippen MR) is 98.2 cm³/mol. The van der Waals surface area contributed by atoms with Crippen LogP contribution in [0.5, 0.6) is 5.75 Å². The van der Waals surface area contributed by atoms with Gasteiger partial charge in [-0.15, -0.1) is 5.10 Å². The molecule has 0 unspecified atom stereocenters. The van der Waals surface area contributed by atoms with Crippen molar-refractivity contribution < 1.29 is 4.74 Å². The van der Waals surface area contributed by atoms with Gasteiger partial charge in [0.15, 0.2) is 10.8 Å². The minimum Gasteiger partial charge on any atom is -0.485 e. The van der Waals surface area contributed by atoms with Crippen molar-refractivity contribution in [2.45, 2.75) is 32.9 Å². The molecule has 0 aliphatic rings. The molecule has 2 heterocycles. The van der Waals surface area contributed by atoms with Gasteiger partial charge in [0.25, 0.3) is 5.56 Å². The number of halogens is 1. The van der Waals surface area contributed by atoms with E-state index in [4.69, 9.17) is 16.3 Å². The van der Waals surface area contributed by atoms with Crippen molar-refractivity contribution in [1.82, 2.24) is 19.4 Å². The van der Waals surface area contributed by atoms with Gasteiger partial charge in [-0.3, -0.25) is 4.79 Å². The molecule has 8 heteroatoms. The lowest BCUT2D eigenvalue weighted by atomic mass is 10.1. The topological polar surface area (TPSA) is 69.9 Å². The summed E-state index contributed by atoms with van der Waals surface area (Å²) in [5, 5.41) is 10.1. The highest BCUT2D eigenvalue weighted by molar-refractivity contribution is 7.03. The number of hydrogen-bond donors (Lipinski definition) is 0. The Morgan fingerprint density at radius 1 is 1.24 bits per heavy atom. The lowest BCUT2D eigenvalue weighted by molar-refractivity contribution is 0.292. The molecule has 2 aromatic heterocycles. The maximum absolute atomic E-state index is 12.3. The summed E-state index contributed by atoms with van der Waals surface area (Å²) >= 11 is 7.46. The third-order valence-corrected chi connectivity index (χ3v) is 4.38. The van der Waals surface area contributed by atoms with Crippen LogP contribution in [0.2, 0.25) is 5.02 Å². The summed E-state index contributed by atoms with van der Waals surface area (Å²) in [4.78, 5) is 12.3. The quantitative estimate of drug-likeness (QED) is 0.693. The summed E-state index contributed by atoms with van der Waals surface area (Å²) in [5.74, 6) is 0.278. The van der Waals surface area contributed by atoms with E-state index in [0.717, 1.165) is 16.8 Å². The summed E-state index contributed by atoms with van der Waals surface area (Å²) in [6.07, 6.45) is 1.48. The zero-order valence-electron chi connectivity index (χ0n) is 14.1. The minimum absolute atomic E-state index is 0.0371. The third-order valence-electron chi connectivity index (χ3n) is 3.53. The zero-order chi connectivity index (χ0) is 18.0. The molecular formula is C17H17ClN4O2S. The molecule has 0 N–H and O–H groups in total. The van der Waals surface area contributed by atoms with Gasteiger partial charge in [-0.05, 0) is 37.9 Å². The van der Waals surface area contributed by atoms with Crippen LogP contribution >= 0.6 is 23.1 Å². The highest BCUT2D eigenvalue weighted by Gasteiger charge is 2.19. The molecule has 1 aromatic carbocycles. The number of hydrogen-bond acceptors (Lipinski definition) is 6. The average molecular weight is 377 g/mol. The smallest absolute Gasteiger partial charge is 0.289 e. The minimum atomic E-state index is -0.445. The van der Waals surface area contributed by atoms with Gasteiger partial charge >= 0.3 is 0 Å². The SMILES string of the molecule is CC(C)(C)n1ncc(OCc2ccc(-c3csnn3)cc2)c(Cl)c1=O. The van der Waals surface area contributed by atoms with Gasteiger partial charge in [-0.25, -0.2) is 4.68 Å². The first-order valence-corrected chi connectivity index (χ1v) is 8.85. The van der Waals surface area contributed by atoms with Gasteiger partial charge in [0.05, 0.1) is 11.7 Å². The second-order valence-electron chi connectivity index (χ2n) is 6.49. The predicted octanol–water partition coefficient (Wildman–Crippen LogP) is 3.75. The van der Waals surface area contributed by atoms with E-state index >= 15 is 0 Å². The summed E-state index contributed by atoms with van der Waals surface area (Å²) in [6, 6.07) is 7.78. The molecule has 0 spiro atoms. The average Bonchev–Trinajstić information content (AvgIpc) is 3.10. The van der Waals surface area contributed by atoms with Gasteiger partial charge in [-0.1, -0.05) is 40.4 Å². The normalized spacial score (nSPS) is 11.5. The molecule has 0 saturated carbocycles. The Bertz CT molecular complexity index is 915. The molecule has 0 atom stereocenters. The molecule has 130 valence electrons. The first-order chi connectivity index (χ1) is 11.9. The Labute approximate surface area is 154 Å². The van der Waals surface area contributed by atoms with Crippen molar-refractivity contribution in [2.75, 3.05) is 0 Å². The Balaban J connectivity index is 1.74. The van der Waals surface area contributed by atoms with E-state index in [1.807, 2.05) is 50.4 Å². The molecular weight excluding hydrogens is 360 g/mol. The highest BCUT2D eigenvalue weighted by Crippen LogP contribution is 2.23. The van der Waals surface area contributed by atoms with Gasteiger partial charge in [-0.2, -0.15) is 5.10 Å². The van der Waals surface area contributed by atoms with Crippen LogP contribution in [0.25, 0.3) is 11.3 Å². The zero-order valence-corrected chi connectivity index (χ0v) is 15.6. The van der Waals surface area contributed by atoms with Crippen LogP contribution in [0.4, 0.5) is 0 Å². The van der Waals surface area contributed by atoms with Crippen molar-refractivity contribution >= 4 is 23.1 Å². The molecule has 0 saturated heterocycles. The van der Waals surface area contributed by atoms with Crippen LogP contribution < -0.4 is 10.3 Å². The molecule has 3 rings (SSSR count). The summed E-state index contributed by atoms with van der Waals surface area (Å²) in [7, 11) is 0. The molecule has 6 nitrogen and oxygen atoms in total. The number of benzene rings is 1. The van der Waals surface area contributed by atoms with E-state index in [9.17, 15) is 4.79 Å².